The number of carbonyl (C=O) groups excluding carboxylic acids is 1. The average molecular weight is 281 g/mol. The molecule has 1 aromatic rings. The Morgan fingerprint density at radius 2 is 2.53 bits per heavy atom. The number of fused-ring (bicyclic) bond motifs is 1. The van der Waals surface area contributed by atoms with Crippen LogP contribution in [0, 0.1) is 12.8 Å². The lowest BCUT2D eigenvalue weighted by atomic mass is 9.93. The van der Waals surface area contributed by atoms with Gasteiger partial charge in [0.2, 0.25) is 5.91 Å². The Balaban J connectivity index is 1.72. The molecule has 2 fully saturated rings. The summed E-state index contributed by atoms with van der Waals surface area (Å²) >= 11 is 1.63. The van der Waals surface area contributed by atoms with Gasteiger partial charge in [-0.15, -0.1) is 11.3 Å². The summed E-state index contributed by atoms with van der Waals surface area (Å²) in [5.74, 6) is 0.248. The van der Waals surface area contributed by atoms with Gasteiger partial charge in [0, 0.05) is 18.5 Å². The number of piperidine rings is 1. The fourth-order valence-electron chi connectivity index (χ4n) is 2.78. The average Bonchev–Trinajstić information content (AvgIpc) is 2.75. The maximum atomic E-state index is 12.6. The SMILES string of the molecule is Cc1nc(CN2CCO[C@H]3CNCC[C@H]3C2=O)cs1. The number of nitrogens with one attached hydrogen (secondary N) is 1. The van der Waals surface area contributed by atoms with Crippen molar-refractivity contribution in [3.05, 3.63) is 16.1 Å². The summed E-state index contributed by atoms with van der Waals surface area (Å²) in [4.78, 5) is 18.9. The molecule has 6 heteroatoms. The Labute approximate surface area is 117 Å². The molecule has 1 aromatic heterocycles. The molecule has 19 heavy (non-hydrogen) atoms. The summed E-state index contributed by atoms with van der Waals surface area (Å²) in [7, 11) is 0. The smallest absolute Gasteiger partial charge is 0.228 e. The molecule has 1 amide bonds. The van der Waals surface area contributed by atoms with E-state index >= 15 is 0 Å². The van der Waals surface area contributed by atoms with Gasteiger partial charge in [-0.3, -0.25) is 4.79 Å². The zero-order valence-electron chi connectivity index (χ0n) is 11.1. The summed E-state index contributed by atoms with van der Waals surface area (Å²) in [5.41, 5.74) is 0.989. The van der Waals surface area contributed by atoms with Crippen LogP contribution in [0.25, 0.3) is 0 Å². The van der Waals surface area contributed by atoms with E-state index in [9.17, 15) is 4.79 Å². The van der Waals surface area contributed by atoms with Gasteiger partial charge in [0.25, 0.3) is 0 Å². The van der Waals surface area contributed by atoms with E-state index in [-0.39, 0.29) is 17.9 Å². The van der Waals surface area contributed by atoms with Gasteiger partial charge in [0.05, 0.1) is 35.9 Å². The summed E-state index contributed by atoms with van der Waals surface area (Å²) in [5, 5.41) is 6.38. The van der Waals surface area contributed by atoms with Crippen LogP contribution >= 0.6 is 11.3 Å². The number of ether oxygens (including phenoxy) is 1. The number of hydrogen-bond acceptors (Lipinski definition) is 5. The molecule has 0 unspecified atom stereocenters. The topological polar surface area (TPSA) is 54.5 Å². The second-order valence-corrected chi connectivity index (χ2v) is 6.19. The Morgan fingerprint density at radius 1 is 1.63 bits per heavy atom. The second kappa shape index (κ2) is 5.56. The highest BCUT2D eigenvalue weighted by atomic mass is 32.1. The third kappa shape index (κ3) is 2.80. The highest BCUT2D eigenvalue weighted by Gasteiger charge is 2.36. The molecule has 0 bridgehead atoms. The van der Waals surface area contributed by atoms with Crippen LogP contribution in [-0.2, 0) is 16.1 Å². The molecule has 2 aliphatic rings. The molecular weight excluding hydrogens is 262 g/mol. The summed E-state index contributed by atoms with van der Waals surface area (Å²) in [6.45, 7) is 5.59. The van der Waals surface area contributed by atoms with E-state index in [4.69, 9.17) is 4.74 Å². The van der Waals surface area contributed by atoms with Gasteiger partial charge in [-0.05, 0) is 19.9 Å². The van der Waals surface area contributed by atoms with Crippen LogP contribution in [0.1, 0.15) is 17.1 Å². The third-order valence-electron chi connectivity index (χ3n) is 3.77. The number of thiazole rings is 1. The summed E-state index contributed by atoms with van der Waals surface area (Å²) in [6, 6.07) is 0. The van der Waals surface area contributed by atoms with Crippen molar-refractivity contribution in [2.24, 2.45) is 5.92 Å². The fourth-order valence-corrected chi connectivity index (χ4v) is 3.38. The number of aryl methyl sites for hydroxylation is 1. The van der Waals surface area contributed by atoms with Crippen LogP contribution in [0.5, 0.6) is 0 Å². The van der Waals surface area contributed by atoms with E-state index in [0.717, 1.165) is 30.2 Å². The number of rotatable bonds is 2. The minimum Gasteiger partial charge on any atom is -0.374 e. The first-order chi connectivity index (χ1) is 9.24. The van der Waals surface area contributed by atoms with Gasteiger partial charge in [0.15, 0.2) is 0 Å². The van der Waals surface area contributed by atoms with Gasteiger partial charge < -0.3 is 15.0 Å². The van der Waals surface area contributed by atoms with Crippen molar-refractivity contribution in [2.75, 3.05) is 26.2 Å². The Kier molecular flexibility index (Phi) is 3.81. The lowest BCUT2D eigenvalue weighted by Crippen LogP contribution is -2.47. The molecular formula is C13H19N3O2S. The van der Waals surface area contributed by atoms with Gasteiger partial charge in [-0.1, -0.05) is 0 Å². The molecule has 2 atom stereocenters. The fraction of sp³-hybridized carbons (Fsp3) is 0.692. The van der Waals surface area contributed by atoms with Crippen molar-refractivity contribution in [1.29, 1.82) is 0 Å². The number of amides is 1. The highest BCUT2D eigenvalue weighted by molar-refractivity contribution is 7.09. The molecule has 3 heterocycles. The predicted octanol–water partition coefficient (Wildman–Crippen LogP) is 0.788. The molecule has 2 aliphatic heterocycles. The lowest BCUT2D eigenvalue weighted by Gasteiger charge is -2.30. The van der Waals surface area contributed by atoms with Crippen molar-refractivity contribution in [3.63, 3.8) is 0 Å². The standard InChI is InChI=1S/C13H19N3O2S/c1-9-15-10(8-19-9)7-16-4-5-18-12-6-14-3-2-11(12)13(16)17/h8,11-12,14H,2-7H2,1H3/t11-,12+/m1/s1. The predicted molar refractivity (Wildman–Crippen MR) is 73.0 cm³/mol. The van der Waals surface area contributed by atoms with Gasteiger partial charge >= 0.3 is 0 Å². The van der Waals surface area contributed by atoms with Crippen molar-refractivity contribution >= 4 is 17.2 Å². The summed E-state index contributed by atoms with van der Waals surface area (Å²) in [6.07, 6.45) is 0.916. The van der Waals surface area contributed by atoms with Gasteiger partial charge in [-0.2, -0.15) is 0 Å². The number of carbonyl (C=O) groups is 1. The van der Waals surface area contributed by atoms with Gasteiger partial charge in [-0.25, -0.2) is 4.98 Å². The van der Waals surface area contributed by atoms with Crippen molar-refractivity contribution in [1.82, 2.24) is 15.2 Å². The van der Waals surface area contributed by atoms with Crippen LogP contribution in [0.4, 0.5) is 0 Å². The van der Waals surface area contributed by atoms with E-state index in [1.165, 1.54) is 0 Å². The van der Waals surface area contributed by atoms with E-state index < -0.39 is 0 Å². The second-order valence-electron chi connectivity index (χ2n) is 5.13. The molecule has 0 saturated carbocycles. The highest BCUT2D eigenvalue weighted by Crippen LogP contribution is 2.23. The first kappa shape index (κ1) is 13.0. The molecule has 0 radical (unpaired) electrons. The molecule has 0 spiro atoms. The van der Waals surface area contributed by atoms with Crippen LogP contribution in [-0.4, -0.2) is 48.1 Å². The maximum absolute atomic E-state index is 12.6. The molecule has 0 aromatic carbocycles. The maximum Gasteiger partial charge on any atom is 0.228 e. The molecule has 5 nitrogen and oxygen atoms in total. The normalized spacial score (nSPS) is 28.1. The number of nitrogens with zero attached hydrogens (tertiary/aromatic N) is 2. The first-order valence-electron chi connectivity index (χ1n) is 6.76. The van der Waals surface area contributed by atoms with Crippen molar-refractivity contribution in [2.45, 2.75) is 26.0 Å². The van der Waals surface area contributed by atoms with E-state index in [2.05, 4.69) is 10.3 Å². The number of hydrogen-bond donors (Lipinski definition) is 1. The minimum absolute atomic E-state index is 0.0171. The third-order valence-corrected chi connectivity index (χ3v) is 4.59. The number of aromatic nitrogens is 1. The summed E-state index contributed by atoms with van der Waals surface area (Å²) < 4.78 is 5.81. The molecule has 3 rings (SSSR count). The largest absolute Gasteiger partial charge is 0.374 e. The quantitative estimate of drug-likeness (QED) is 0.871. The Bertz CT molecular complexity index is 462. The van der Waals surface area contributed by atoms with Crippen molar-refractivity contribution in [3.8, 4) is 0 Å². The molecule has 1 N–H and O–H groups in total. The molecule has 104 valence electrons. The zero-order valence-corrected chi connectivity index (χ0v) is 11.9. The lowest BCUT2D eigenvalue weighted by molar-refractivity contribution is -0.138. The monoisotopic (exact) mass is 281 g/mol. The minimum atomic E-state index is 0.0171. The molecule has 0 aliphatic carbocycles. The van der Waals surface area contributed by atoms with Crippen LogP contribution < -0.4 is 5.32 Å². The van der Waals surface area contributed by atoms with E-state index in [1.54, 1.807) is 11.3 Å². The van der Waals surface area contributed by atoms with Crippen LogP contribution in [0.2, 0.25) is 0 Å². The van der Waals surface area contributed by atoms with E-state index in [0.29, 0.717) is 19.7 Å². The first-order valence-corrected chi connectivity index (χ1v) is 7.64. The Hall–Kier alpha value is -0.980. The van der Waals surface area contributed by atoms with E-state index in [1.807, 2.05) is 17.2 Å². The zero-order chi connectivity index (χ0) is 13.2. The van der Waals surface area contributed by atoms with Gasteiger partial charge in [0.1, 0.15) is 0 Å². The van der Waals surface area contributed by atoms with Crippen LogP contribution in [0.15, 0.2) is 5.38 Å². The molecule has 2 saturated heterocycles. The van der Waals surface area contributed by atoms with Crippen molar-refractivity contribution < 1.29 is 9.53 Å². The Morgan fingerprint density at radius 3 is 3.32 bits per heavy atom. The van der Waals surface area contributed by atoms with Crippen LogP contribution in [0.3, 0.4) is 0 Å².